The standard InChI is InChI=1S/C9H11F2N/c1-6(2)12-7-3-4-8(10)9(11)5-7/h3-6,12H,1-2H3. The van der Waals surface area contributed by atoms with Crippen molar-refractivity contribution in [3.8, 4) is 0 Å². The summed E-state index contributed by atoms with van der Waals surface area (Å²) in [7, 11) is 0. The van der Waals surface area contributed by atoms with Crippen LogP contribution in [0, 0.1) is 11.6 Å². The molecule has 0 saturated heterocycles. The van der Waals surface area contributed by atoms with Gasteiger partial charge in [-0.15, -0.1) is 0 Å². The first kappa shape index (κ1) is 8.97. The zero-order valence-electron chi connectivity index (χ0n) is 7.07. The number of nitrogens with one attached hydrogen (secondary N) is 1. The average molecular weight is 171 g/mol. The van der Waals surface area contributed by atoms with Gasteiger partial charge in [-0.3, -0.25) is 0 Å². The quantitative estimate of drug-likeness (QED) is 0.721. The van der Waals surface area contributed by atoms with Crippen LogP contribution in [0.3, 0.4) is 0 Å². The van der Waals surface area contributed by atoms with Crippen LogP contribution in [0.25, 0.3) is 0 Å². The molecule has 0 unspecified atom stereocenters. The van der Waals surface area contributed by atoms with Crippen molar-refractivity contribution >= 4 is 5.69 Å². The molecule has 0 aliphatic rings. The van der Waals surface area contributed by atoms with Crippen LogP contribution in [0.5, 0.6) is 0 Å². The van der Waals surface area contributed by atoms with Crippen LogP contribution in [-0.2, 0) is 0 Å². The number of benzene rings is 1. The molecule has 0 fully saturated rings. The lowest BCUT2D eigenvalue weighted by molar-refractivity contribution is 0.509. The first-order valence-electron chi connectivity index (χ1n) is 3.81. The Hall–Kier alpha value is -1.12. The Balaban J connectivity index is 2.82. The van der Waals surface area contributed by atoms with Crippen molar-refractivity contribution in [2.75, 3.05) is 5.32 Å². The normalized spacial score (nSPS) is 10.4. The lowest BCUT2D eigenvalue weighted by Crippen LogP contribution is -2.09. The van der Waals surface area contributed by atoms with Crippen molar-refractivity contribution in [3.05, 3.63) is 29.8 Å². The topological polar surface area (TPSA) is 12.0 Å². The van der Waals surface area contributed by atoms with Crippen LogP contribution in [-0.4, -0.2) is 6.04 Å². The van der Waals surface area contributed by atoms with Crippen molar-refractivity contribution in [2.45, 2.75) is 19.9 Å². The Kier molecular flexibility index (Phi) is 2.63. The molecular formula is C9H11F2N. The molecule has 12 heavy (non-hydrogen) atoms. The second kappa shape index (κ2) is 3.52. The molecule has 0 bridgehead atoms. The maximum absolute atomic E-state index is 12.6. The fraction of sp³-hybridized carbons (Fsp3) is 0.333. The maximum Gasteiger partial charge on any atom is 0.160 e. The van der Waals surface area contributed by atoms with Crippen molar-refractivity contribution in [3.63, 3.8) is 0 Å². The Morgan fingerprint density at radius 1 is 1.17 bits per heavy atom. The summed E-state index contributed by atoms with van der Waals surface area (Å²) in [6.45, 7) is 3.86. The highest BCUT2D eigenvalue weighted by Crippen LogP contribution is 2.13. The lowest BCUT2D eigenvalue weighted by Gasteiger charge is -2.09. The molecule has 1 N–H and O–H groups in total. The van der Waals surface area contributed by atoms with Gasteiger partial charge in [0.1, 0.15) is 0 Å². The summed E-state index contributed by atoms with van der Waals surface area (Å²) in [5.74, 6) is -1.63. The first-order chi connectivity index (χ1) is 5.59. The van der Waals surface area contributed by atoms with Gasteiger partial charge >= 0.3 is 0 Å². The minimum Gasteiger partial charge on any atom is -0.383 e. The summed E-state index contributed by atoms with van der Waals surface area (Å²) in [5, 5.41) is 2.97. The molecule has 0 heterocycles. The van der Waals surface area contributed by atoms with E-state index in [1.54, 1.807) is 0 Å². The van der Waals surface area contributed by atoms with Crippen LogP contribution in [0.15, 0.2) is 18.2 Å². The monoisotopic (exact) mass is 171 g/mol. The highest BCUT2D eigenvalue weighted by molar-refractivity contribution is 5.43. The van der Waals surface area contributed by atoms with Gasteiger partial charge in [0.25, 0.3) is 0 Å². The number of halogens is 2. The predicted molar refractivity (Wildman–Crippen MR) is 45.1 cm³/mol. The Morgan fingerprint density at radius 2 is 1.83 bits per heavy atom. The molecule has 0 saturated carbocycles. The van der Waals surface area contributed by atoms with Gasteiger partial charge in [0, 0.05) is 17.8 Å². The van der Waals surface area contributed by atoms with E-state index in [0.29, 0.717) is 5.69 Å². The third kappa shape index (κ3) is 2.19. The molecule has 3 heteroatoms. The Morgan fingerprint density at radius 3 is 2.33 bits per heavy atom. The summed E-state index contributed by atoms with van der Waals surface area (Å²) in [6.07, 6.45) is 0. The van der Waals surface area contributed by atoms with E-state index < -0.39 is 11.6 Å². The highest BCUT2D eigenvalue weighted by atomic mass is 19.2. The van der Waals surface area contributed by atoms with E-state index in [0.717, 1.165) is 12.1 Å². The molecule has 66 valence electrons. The molecule has 0 aliphatic carbocycles. The molecule has 0 aliphatic heterocycles. The van der Waals surface area contributed by atoms with Gasteiger partial charge in [-0.1, -0.05) is 0 Å². The summed E-state index contributed by atoms with van der Waals surface area (Å²) >= 11 is 0. The van der Waals surface area contributed by atoms with E-state index >= 15 is 0 Å². The van der Waals surface area contributed by atoms with Gasteiger partial charge in [-0.05, 0) is 26.0 Å². The fourth-order valence-corrected chi connectivity index (χ4v) is 0.919. The number of anilines is 1. The molecule has 1 aromatic carbocycles. The molecule has 1 aromatic rings. The minimum absolute atomic E-state index is 0.217. The zero-order chi connectivity index (χ0) is 9.14. The Labute approximate surface area is 70.4 Å². The summed E-state index contributed by atoms with van der Waals surface area (Å²) in [4.78, 5) is 0. The van der Waals surface area contributed by atoms with Crippen LogP contribution >= 0.6 is 0 Å². The van der Waals surface area contributed by atoms with Crippen LogP contribution in [0.4, 0.5) is 14.5 Å². The fourth-order valence-electron chi connectivity index (χ4n) is 0.919. The van der Waals surface area contributed by atoms with Gasteiger partial charge in [-0.25, -0.2) is 8.78 Å². The number of hydrogen-bond donors (Lipinski definition) is 1. The van der Waals surface area contributed by atoms with Crippen molar-refractivity contribution in [1.29, 1.82) is 0 Å². The van der Waals surface area contributed by atoms with Gasteiger partial charge in [0.2, 0.25) is 0 Å². The smallest absolute Gasteiger partial charge is 0.160 e. The summed E-state index contributed by atoms with van der Waals surface area (Å²) < 4.78 is 25.0. The van der Waals surface area contributed by atoms with E-state index in [1.165, 1.54) is 6.07 Å². The zero-order valence-corrected chi connectivity index (χ0v) is 7.07. The van der Waals surface area contributed by atoms with Crippen LogP contribution in [0.2, 0.25) is 0 Å². The van der Waals surface area contributed by atoms with Crippen molar-refractivity contribution < 1.29 is 8.78 Å². The lowest BCUT2D eigenvalue weighted by atomic mass is 10.2. The predicted octanol–water partition coefficient (Wildman–Crippen LogP) is 2.79. The average Bonchev–Trinajstić information content (AvgIpc) is 1.96. The van der Waals surface area contributed by atoms with Crippen molar-refractivity contribution in [1.82, 2.24) is 0 Å². The molecule has 0 spiro atoms. The van der Waals surface area contributed by atoms with Gasteiger partial charge in [0.05, 0.1) is 0 Å². The molecule has 0 atom stereocenters. The Bertz CT molecular complexity index is 271. The molecule has 1 nitrogen and oxygen atoms in total. The first-order valence-corrected chi connectivity index (χ1v) is 3.81. The molecule has 0 aromatic heterocycles. The largest absolute Gasteiger partial charge is 0.383 e. The van der Waals surface area contributed by atoms with E-state index in [-0.39, 0.29) is 6.04 Å². The van der Waals surface area contributed by atoms with E-state index in [1.807, 2.05) is 13.8 Å². The number of hydrogen-bond acceptors (Lipinski definition) is 1. The minimum atomic E-state index is -0.819. The van der Waals surface area contributed by atoms with Gasteiger partial charge in [-0.2, -0.15) is 0 Å². The SMILES string of the molecule is CC(C)Nc1ccc(F)c(F)c1. The number of rotatable bonds is 2. The van der Waals surface area contributed by atoms with Crippen LogP contribution in [0.1, 0.15) is 13.8 Å². The van der Waals surface area contributed by atoms with Gasteiger partial charge in [0.15, 0.2) is 11.6 Å². The summed E-state index contributed by atoms with van der Waals surface area (Å²) in [5.41, 5.74) is 0.601. The second-order valence-corrected chi connectivity index (χ2v) is 2.93. The van der Waals surface area contributed by atoms with Crippen molar-refractivity contribution in [2.24, 2.45) is 0 Å². The second-order valence-electron chi connectivity index (χ2n) is 2.93. The molecule has 1 rings (SSSR count). The van der Waals surface area contributed by atoms with Crippen LogP contribution < -0.4 is 5.32 Å². The maximum atomic E-state index is 12.6. The van der Waals surface area contributed by atoms with E-state index in [2.05, 4.69) is 5.32 Å². The molecule has 0 amide bonds. The van der Waals surface area contributed by atoms with E-state index in [9.17, 15) is 8.78 Å². The molecule has 0 radical (unpaired) electrons. The third-order valence-corrected chi connectivity index (χ3v) is 1.37. The molecular weight excluding hydrogens is 160 g/mol. The summed E-state index contributed by atoms with van der Waals surface area (Å²) in [6, 6.07) is 3.99. The highest BCUT2D eigenvalue weighted by Gasteiger charge is 2.02. The van der Waals surface area contributed by atoms with E-state index in [4.69, 9.17) is 0 Å². The van der Waals surface area contributed by atoms with Gasteiger partial charge < -0.3 is 5.32 Å². The third-order valence-electron chi connectivity index (χ3n) is 1.37.